The van der Waals surface area contributed by atoms with Gasteiger partial charge in [-0.2, -0.15) is 0 Å². The van der Waals surface area contributed by atoms with Crippen LogP contribution in [0.5, 0.6) is 5.75 Å². The molecule has 0 aliphatic heterocycles. The van der Waals surface area contributed by atoms with Gasteiger partial charge >= 0.3 is 0 Å². The fourth-order valence-corrected chi connectivity index (χ4v) is 2.11. The van der Waals surface area contributed by atoms with Crippen LogP contribution in [0.25, 0.3) is 6.08 Å². The smallest absolute Gasteiger partial charge is 0.118 e. The summed E-state index contributed by atoms with van der Waals surface area (Å²) in [5.74, 6) is 0.896. The van der Waals surface area contributed by atoms with E-state index < -0.39 is 0 Å². The molecule has 0 radical (unpaired) electrons. The molecule has 2 aromatic rings. The Kier molecular flexibility index (Phi) is 6.34. The van der Waals surface area contributed by atoms with E-state index in [0.717, 1.165) is 25.0 Å². The maximum absolute atomic E-state index is 5.14. The number of rotatable bonds is 7. The largest absolute Gasteiger partial charge is 0.497 e. The fraction of sp³-hybridized carbons (Fsp3) is 0.200. The predicted molar refractivity (Wildman–Crippen MR) is 90.5 cm³/mol. The lowest BCUT2D eigenvalue weighted by Gasteiger charge is -1.98. The van der Waals surface area contributed by atoms with Gasteiger partial charge in [0, 0.05) is 0 Å². The quantitative estimate of drug-likeness (QED) is 0.625. The molecule has 0 N–H and O–H groups in total. The molecule has 1 heteroatoms. The van der Waals surface area contributed by atoms with Gasteiger partial charge in [-0.05, 0) is 42.5 Å². The fourth-order valence-electron chi connectivity index (χ4n) is 2.11. The van der Waals surface area contributed by atoms with Crippen LogP contribution in [0.15, 0.2) is 72.8 Å². The minimum absolute atomic E-state index is 0.896. The summed E-state index contributed by atoms with van der Waals surface area (Å²) in [4.78, 5) is 0. The van der Waals surface area contributed by atoms with Crippen molar-refractivity contribution in [3.05, 3.63) is 84.0 Å². The number of hydrogen-bond acceptors (Lipinski definition) is 1. The summed E-state index contributed by atoms with van der Waals surface area (Å²) in [6.45, 7) is 0. The summed E-state index contributed by atoms with van der Waals surface area (Å²) in [6, 6.07) is 18.7. The molecule has 21 heavy (non-hydrogen) atoms. The van der Waals surface area contributed by atoms with E-state index >= 15 is 0 Å². The maximum atomic E-state index is 5.14. The number of hydrogen-bond donors (Lipinski definition) is 0. The topological polar surface area (TPSA) is 9.23 Å². The molecule has 0 aliphatic rings. The molecule has 0 amide bonds. The molecule has 1 nitrogen and oxygen atoms in total. The minimum Gasteiger partial charge on any atom is -0.497 e. The minimum atomic E-state index is 0.896. The van der Waals surface area contributed by atoms with E-state index in [2.05, 4.69) is 66.8 Å². The van der Waals surface area contributed by atoms with Crippen LogP contribution in [-0.2, 0) is 6.42 Å². The highest BCUT2D eigenvalue weighted by Crippen LogP contribution is 2.12. The van der Waals surface area contributed by atoms with E-state index in [0.29, 0.717) is 0 Å². The number of allylic oxidation sites excluding steroid dienone is 3. The maximum Gasteiger partial charge on any atom is 0.118 e. The highest BCUT2D eigenvalue weighted by molar-refractivity contribution is 5.50. The van der Waals surface area contributed by atoms with Crippen LogP contribution in [0.1, 0.15) is 24.0 Å². The van der Waals surface area contributed by atoms with Crippen molar-refractivity contribution < 1.29 is 4.74 Å². The average molecular weight is 278 g/mol. The lowest BCUT2D eigenvalue weighted by Crippen LogP contribution is -1.81. The third-order valence-electron chi connectivity index (χ3n) is 3.31. The zero-order valence-electron chi connectivity index (χ0n) is 12.5. The first kappa shape index (κ1) is 15.1. The van der Waals surface area contributed by atoms with Gasteiger partial charge in [0.25, 0.3) is 0 Å². The first-order chi connectivity index (χ1) is 10.4. The zero-order chi connectivity index (χ0) is 14.8. The van der Waals surface area contributed by atoms with Gasteiger partial charge in [0.05, 0.1) is 7.11 Å². The van der Waals surface area contributed by atoms with Gasteiger partial charge in [0.1, 0.15) is 5.75 Å². The number of benzene rings is 2. The van der Waals surface area contributed by atoms with Crippen LogP contribution >= 0.6 is 0 Å². The number of methoxy groups -OCH3 is 1. The van der Waals surface area contributed by atoms with Crippen LogP contribution in [0.2, 0.25) is 0 Å². The third-order valence-corrected chi connectivity index (χ3v) is 3.31. The van der Waals surface area contributed by atoms with Crippen molar-refractivity contribution in [1.82, 2.24) is 0 Å². The van der Waals surface area contributed by atoms with Crippen molar-refractivity contribution in [2.24, 2.45) is 0 Å². The molecule has 0 spiro atoms. The second-order valence-electron chi connectivity index (χ2n) is 4.91. The van der Waals surface area contributed by atoms with Crippen molar-refractivity contribution >= 4 is 6.08 Å². The molecule has 0 fully saturated rings. The van der Waals surface area contributed by atoms with Crippen LogP contribution in [0.3, 0.4) is 0 Å². The summed E-state index contributed by atoms with van der Waals surface area (Å²) < 4.78 is 5.14. The Labute approximate surface area is 127 Å². The SMILES string of the molecule is COc1ccc(/C=C/C/C=C/CCc2ccccc2)cc1. The van der Waals surface area contributed by atoms with Gasteiger partial charge < -0.3 is 4.74 Å². The van der Waals surface area contributed by atoms with Gasteiger partial charge in [-0.15, -0.1) is 0 Å². The molecule has 0 unspecified atom stereocenters. The Morgan fingerprint density at radius 2 is 1.62 bits per heavy atom. The first-order valence-corrected chi connectivity index (χ1v) is 7.38. The lowest BCUT2D eigenvalue weighted by molar-refractivity contribution is 0.415. The molecule has 0 saturated heterocycles. The molecule has 0 bridgehead atoms. The van der Waals surface area contributed by atoms with E-state index in [1.54, 1.807) is 7.11 Å². The van der Waals surface area contributed by atoms with Crippen LogP contribution in [0.4, 0.5) is 0 Å². The van der Waals surface area contributed by atoms with Crippen molar-refractivity contribution in [3.63, 3.8) is 0 Å². The second kappa shape index (κ2) is 8.80. The molecule has 2 aromatic carbocycles. The summed E-state index contributed by atoms with van der Waals surface area (Å²) >= 11 is 0. The zero-order valence-corrected chi connectivity index (χ0v) is 12.5. The van der Waals surface area contributed by atoms with Gasteiger partial charge in [-0.3, -0.25) is 0 Å². The summed E-state index contributed by atoms with van der Waals surface area (Å²) in [6.07, 6.45) is 12.0. The van der Waals surface area contributed by atoms with E-state index in [4.69, 9.17) is 4.74 Å². The second-order valence-corrected chi connectivity index (χ2v) is 4.91. The number of ether oxygens (including phenoxy) is 1. The van der Waals surface area contributed by atoms with E-state index in [-0.39, 0.29) is 0 Å². The van der Waals surface area contributed by atoms with Crippen molar-refractivity contribution in [2.75, 3.05) is 7.11 Å². The molecule has 0 aromatic heterocycles. The van der Waals surface area contributed by atoms with Gasteiger partial charge in [-0.25, -0.2) is 0 Å². The molecular weight excluding hydrogens is 256 g/mol. The Morgan fingerprint density at radius 1 is 0.857 bits per heavy atom. The molecule has 0 heterocycles. The standard InChI is InChI=1S/C20H22O/c1-21-20-16-14-19(15-17-20)13-7-4-2-3-6-10-18-11-8-5-9-12-18/h2-3,5,7-9,11-17H,4,6,10H2,1H3/b3-2+,13-7+. The third kappa shape index (κ3) is 5.70. The van der Waals surface area contributed by atoms with Crippen molar-refractivity contribution in [2.45, 2.75) is 19.3 Å². The first-order valence-electron chi connectivity index (χ1n) is 7.38. The summed E-state index contributed by atoms with van der Waals surface area (Å²) in [7, 11) is 1.69. The Morgan fingerprint density at radius 3 is 2.33 bits per heavy atom. The molecule has 0 saturated carbocycles. The molecule has 108 valence electrons. The van der Waals surface area contributed by atoms with Gasteiger partial charge in [-0.1, -0.05) is 66.8 Å². The Bertz CT molecular complexity index is 565. The summed E-state index contributed by atoms with van der Waals surface area (Å²) in [5, 5.41) is 0. The highest BCUT2D eigenvalue weighted by atomic mass is 16.5. The monoisotopic (exact) mass is 278 g/mol. The van der Waals surface area contributed by atoms with Gasteiger partial charge in [0.15, 0.2) is 0 Å². The normalized spacial score (nSPS) is 11.3. The van der Waals surface area contributed by atoms with Crippen LogP contribution in [-0.4, -0.2) is 7.11 Å². The van der Waals surface area contributed by atoms with E-state index in [1.165, 1.54) is 11.1 Å². The lowest BCUT2D eigenvalue weighted by atomic mass is 10.1. The molecule has 0 aliphatic carbocycles. The Hall–Kier alpha value is -2.28. The van der Waals surface area contributed by atoms with E-state index in [9.17, 15) is 0 Å². The predicted octanol–water partition coefficient (Wildman–Crippen LogP) is 5.29. The molecular formula is C20H22O. The van der Waals surface area contributed by atoms with Gasteiger partial charge in [0.2, 0.25) is 0 Å². The highest BCUT2D eigenvalue weighted by Gasteiger charge is 1.89. The van der Waals surface area contributed by atoms with Crippen LogP contribution in [0, 0.1) is 0 Å². The summed E-state index contributed by atoms with van der Waals surface area (Å²) in [5.41, 5.74) is 2.60. The molecule has 2 rings (SSSR count). The number of aryl methyl sites for hydroxylation is 1. The van der Waals surface area contributed by atoms with Crippen LogP contribution < -0.4 is 4.74 Å². The Balaban J connectivity index is 1.68. The van der Waals surface area contributed by atoms with Crippen molar-refractivity contribution in [3.8, 4) is 5.75 Å². The molecule has 0 atom stereocenters. The van der Waals surface area contributed by atoms with Crippen molar-refractivity contribution in [1.29, 1.82) is 0 Å². The van der Waals surface area contributed by atoms with E-state index in [1.807, 2.05) is 12.1 Å². The average Bonchev–Trinajstić information content (AvgIpc) is 2.55.